The molecule has 0 unspecified atom stereocenters. The summed E-state index contributed by atoms with van der Waals surface area (Å²) >= 11 is 1.82. The Morgan fingerprint density at radius 2 is 1.08 bits per heavy atom. The van der Waals surface area contributed by atoms with Crippen molar-refractivity contribution in [2.24, 2.45) is 0 Å². The fourth-order valence-corrected chi connectivity index (χ4v) is 8.78. The molecule has 234 valence electrons. The molecule has 0 aliphatic rings. The maximum absolute atomic E-state index is 6.70. The minimum absolute atomic E-state index is 0.909. The molecular weight excluding hydrogens is 631 g/mol. The number of para-hydroxylation sites is 3. The van der Waals surface area contributed by atoms with E-state index < -0.39 is 0 Å². The fourth-order valence-electron chi connectivity index (χ4n) is 7.70. The summed E-state index contributed by atoms with van der Waals surface area (Å²) in [5, 5.41) is 9.36. The Labute approximate surface area is 290 Å². The summed E-state index contributed by atoms with van der Waals surface area (Å²) in [7, 11) is 0. The highest BCUT2D eigenvalue weighted by Gasteiger charge is 2.19. The van der Waals surface area contributed by atoms with Crippen LogP contribution in [-0.4, -0.2) is 0 Å². The smallest absolute Gasteiger partial charge is 0.144 e. The van der Waals surface area contributed by atoms with Crippen LogP contribution in [0.4, 0.5) is 17.1 Å². The third-order valence-electron chi connectivity index (χ3n) is 10.0. The van der Waals surface area contributed by atoms with Crippen LogP contribution in [0.3, 0.4) is 0 Å². The lowest BCUT2D eigenvalue weighted by Crippen LogP contribution is -2.09. The molecule has 0 radical (unpaired) electrons. The Morgan fingerprint density at radius 1 is 0.400 bits per heavy atom. The summed E-state index contributed by atoms with van der Waals surface area (Å²) in [6.07, 6.45) is 0. The highest BCUT2D eigenvalue weighted by molar-refractivity contribution is 7.26. The summed E-state index contributed by atoms with van der Waals surface area (Å²) in [6.45, 7) is 0. The third-order valence-corrected chi connectivity index (χ3v) is 11.2. The summed E-state index contributed by atoms with van der Waals surface area (Å²) in [5.41, 5.74) is 9.17. The average molecular weight is 658 g/mol. The molecule has 3 nitrogen and oxygen atoms in total. The quantitative estimate of drug-likeness (QED) is 0.189. The summed E-state index contributed by atoms with van der Waals surface area (Å²) in [4.78, 5) is 2.33. The molecule has 0 bridgehead atoms. The van der Waals surface area contributed by atoms with Gasteiger partial charge in [0.2, 0.25) is 0 Å². The van der Waals surface area contributed by atoms with Crippen molar-refractivity contribution in [3.8, 4) is 11.1 Å². The molecule has 0 aliphatic heterocycles. The lowest BCUT2D eigenvalue weighted by molar-refractivity contribution is 0.670. The van der Waals surface area contributed by atoms with Crippen molar-refractivity contribution in [1.82, 2.24) is 0 Å². The van der Waals surface area contributed by atoms with E-state index in [0.29, 0.717) is 0 Å². The second-order valence-electron chi connectivity index (χ2n) is 12.9. The zero-order chi connectivity index (χ0) is 32.8. The number of benzene rings is 8. The average Bonchev–Trinajstić information content (AvgIpc) is 3.85. The highest BCUT2D eigenvalue weighted by atomic mass is 32.1. The number of fused-ring (bicyclic) bond motifs is 11. The molecule has 0 N–H and O–H groups in total. The number of hydrogen-bond acceptors (Lipinski definition) is 4. The molecule has 0 aliphatic carbocycles. The van der Waals surface area contributed by atoms with E-state index in [4.69, 9.17) is 8.83 Å². The Kier molecular flexibility index (Phi) is 5.83. The first-order valence-corrected chi connectivity index (χ1v) is 17.6. The van der Waals surface area contributed by atoms with Gasteiger partial charge in [-0.25, -0.2) is 0 Å². The summed E-state index contributed by atoms with van der Waals surface area (Å²) < 4.78 is 15.5. The van der Waals surface area contributed by atoms with E-state index in [1.165, 1.54) is 30.9 Å². The van der Waals surface area contributed by atoms with E-state index >= 15 is 0 Å². The lowest BCUT2D eigenvalue weighted by atomic mass is 10.0. The van der Waals surface area contributed by atoms with E-state index in [2.05, 4.69) is 157 Å². The predicted molar refractivity (Wildman–Crippen MR) is 212 cm³/mol. The number of anilines is 3. The second-order valence-corrected chi connectivity index (χ2v) is 14.0. The Morgan fingerprint density at radius 3 is 1.96 bits per heavy atom. The van der Waals surface area contributed by atoms with Gasteiger partial charge in [-0.15, -0.1) is 11.3 Å². The zero-order valence-electron chi connectivity index (χ0n) is 26.8. The van der Waals surface area contributed by atoms with Crippen molar-refractivity contribution >= 4 is 103 Å². The molecular formula is C46H27NO2S. The maximum atomic E-state index is 6.70. The number of rotatable bonds is 4. The van der Waals surface area contributed by atoms with E-state index in [9.17, 15) is 0 Å². The van der Waals surface area contributed by atoms with Crippen LogP contribution < -0.4 is 4.90 Å². The fraction of sp³-hybridized carbons (Fsp3) is 0. The van der Waals surface area contributed by atoms with E-state index in [1.807, 2.05) is 23.5 Å². The normalized spacial score (nSPS) is 12.0. The molecule has 0 atom stereocenters. The topological polar surface area (TPSA) is 29.5 Å². The van der Waals surface area contributed by atoms with Crippen molar-refractivity contribution in [2.45, 2.75) is 0 Å². The Balaban J connectivity index is 1.07. The van der Waals surface area contributed by atoms with Gasteiger partial charge >= 0.3 is 0 Å². The standard InChI is InChI=1S/C46H27NO2S/c1-2-11-31(12-3-1)47(32-19-17-28(18-20-32)34-14-8-15-36-35-13-6-7-16-40(35)48-45(34)36)33-21-23-42-39(27-33)44-43(50-42)24-22-37-38-25-29-9-4-5-10-30(29)26-41(38)49-46(37)44/h1-27H. The van der Waals surface area contributed by atoms with Gasteiger partial charge in [0.1, 0.15) is 22.3 Å². The van der Waals surface area contributed by atoms with Gasteiger partial charge in [0.05, 0.1) is 0 Å². The van der Waals surface area contributed by atoms with Gasteiger partial charge in [0, 0.05) is 64.3 Å². The van der Waals surface area contributed by atoms with E-state index in [0.717, 1.165) is 72.1 Å². The van der Waals surface area contributed by atoms with Crippen LogP contribution in [0.15, 0.2) is 173 Å². The molecule has 8 aromatic carbocycles. The zero-order valence-corrected chi connectivity index (χ0v) is 27.6. The van der Waals surface area contributed by atoms with Crippen molar-refractivity contribution in [3.05, 3.63) is 164 Å². The molecule has 0 spiro atoms. The Bertz CT molecular complexity index is 3090. The first kappa shape index (κ1) is 27.6. The first-order chi connectivity index (χ1) is 24.8. The number of thiophene rings is 1. The van der Waals surface area contributed by atoms with Gasteiger partial charge in [0.15, 0.2) is 0 Å². The van der Waals surface area contributed by atoms with Crippen LogP contribution >= 0.6 is 11.3 Å². The molecule has 11 rings (SSSR count). The van der Waals surface area contributed by atoms with Crippen molar-refractivity contribution in [3.63, 3.8) is 0 Å². The first-order valence-electron chi connectivity index (χ1n) is 16.8. The van der Waals surface area contributed by atoms with Crippen molar-refractivity contribution in [1.29, 1.82) is 0 Å². The second kappa shape index (κ2) is 10.6. The van der Waals surface area contributed by atoms with Crippen LogP contribution in [-0.2, 0) is 0 Å². The lowest BCUT2D eigenvalue weighted by Gasteiger charge is -2.25. The molecule has 0 amide bonds. The van der Waals surface area contributed by atoms with E-state index in [-0.39, 0.29) is 0 Å². The van der Waals surface area contributed by atoms with Gasteiger partial charge in [-0.3, -0.25) is 0 Å². The van der Waals surface area contributed by atoms with Crippen LogP contribution in [0.25, 0.3) is 85.9 Å². The van der Waals surface area contributed by atoms with Crippen LogP contribution in [0.1, 0.15) is 0 Å². The summed E-state index contributed by atoms with van der Waals surface area (Å²) in [6, 6.07) is 58.3. The molecule has 11 aromatic rings. The Hall–Kier alpha value is -6.36. The van der Waals surface area contributed by atoms with Crippen LogP contribution in [0, 0.1) is 0 Å². The van der Waals surface area contributed by atoms with Gasteiger partial charge in [-0.2, -0.15) is 0 Å². The molecule has 4 heteroatoms. The molecule has 3 heterocycles. The van der Waals surface area contributed by atoms with Gasteiger partial charge in [0.25, 0.3) is 0 Å². The molecule has 0 fully saturated rings. The van der Waals surface area contributed by atoms with E-state index in [1.54, 1.807) is 0 Å². The molecule has 50 heavy (non-hydrogen) atoms. The highest BCUT2D eigenvalue weighted by Crippen LogP contribution is 2.45. The third kappa shape index (κ3) is 4.09. The number of nitrogens with zero attached hydrogens (tertiary/aromatic N) is 1. The predicted octanol–water partition coefficient (Wildman–Crippen LogP) is 14.1. The molecule has 0 saturated heterocycles. The largest absolute Gasteiger partial charge is 0.455 e. The monoisotopic (exact) mass is 657 g/mol. The van der Waals surface area contributed by atoms with Crippen LogP contribution in [0.2, 0.25) is 0 Å². The summed E-state index contributed by atoms with van der Waals surface area (Å²) in [5.74, 6) is 0. The van der Waals surface area contributed by atoms with Gasteiger partial charge in [-0.1, -0.05) is 91.0 Å². The minimum atomic E-state index is 0.909. The van der Waals surface area contributed by atoms with Crippen LogP contribution in [0.5, 0.6) is 0 Å². The van der Waals surface area contributed by atoms with Crippen molar-refractivity contribution < 1.29 is 8.83 Å². The molecule has 3 aromatic heterocycles. The minimum Gasteiger partial charge on any atom is -0.455 e. The maximum Gasteiger partial charge on any atom is 0.144 e. The van der Waals surface area contributed by atoms with Gasteiger partial charge < -0.3 is 13.7 Å². The number of furan rings is 2. The van der Waals surface area contributed by atoms with Gasteiger partial charge in [-0.05, 0) is 89.1 Å². The van der Waals surface area contributed by atoms with Crippen molar-refractivity contribution in [2.75, 3.05) is 4.90 Å². The SMILES string of the molecule is c1ccc(N(c2ccc(-c3cccc4c3oc3ccccc34)cc2)c2ccc3sc4ccc5c6cc7ccccc7cc6oc5c4c3c2)cc1. The number of hydrogen-bond donors (Lipinski definition) is 0. The molecule has 0 saturated carbocycles.